The molecule has 1 aromatic carbocycles. The number of rotatable bonds is 2. The molecule has 1 aliphatic rings. The van der Waals surface area contributed by atoms with Gasteiger partial charge in [-0.25, -0.2) is 4.79 Å². The fourth-order valence-corrected chi connectivity index (χ4v) is 2.23. The van der Waals surface area contributed by atoms with Crippen LogP contribution in [-0.4, -0.2) is 35.9 Å². The summed E-state index contributed by atoms with van der Waals surface area (Å²) in [6, 6.07) is 4.27. The van der Waals surface area contributed by atoms with Gasteiger partial charge in [0, 0.05) is 18.2 Å². The minimum absolute atomic E-state index is 0.0431. The van der Waals surface area contributed by atoms with E-state index in [9.17, 15) is 14.7 Å². The Labute approximate surface area is 110 Å². The molecule has 1 atom stereocenters. The van der Waals surface area contributed by atoms with Gasteiger partial charge in [0.2, 0.25) is 5.91 Å². The third-order valence-electron chi connectivity index (χ3n) is 2.79. The number of phenols is 1. The van der Waals surface area contributed by atoms with Gasteiger partial charge in [-0.2, -0.15) is 12.6 Å². The maximum atomic E-state index is 11.7. The maximum absolute atomic E-state index is 11.7. The molecule has 2 rings (SSSR count). The smallest absolute Gasteiger partial charge is 0.337 e. The lowest BCUT2D eigenvalue weighted by atomic mass is 10.1. The van der Waals surface area contributed by atoms with Gasteiger partial charge in [0.1, 0.15) is 5.75 Å². The number of esters is 1. The van der Waals surface area contributed by atoms with Crippen molar-refractivity contribution in [3.63, 3.8) is 0 Å². The minimum Gasteiger partial charge on any atom is -0.506 e. The van der Waals surface area contributed by atoms with Crippen LogP contribution in [0.25, 0.3) is 0 Å². The second-order valence-electron chi connectivity index (χ2n) is 4.06. The molecule has 0 aromatic heterocycles. The zero-order valence-corrected chi connectivity index (χ0v) is 10.7. The largest absolute Gasteiger partial charge is 0.506 e. The molecule has 1 heterocycles. The van der Waals surface area contributed by atoms with Crippen molar-refractivity contribution in [3.8, 4) is 5.75 Å². The van der Waals surface area contributed by atoms with Crippen LogP contribution in [0.3, 0.4) is 0 Å². The van der Waals surface area contributed by atoms with Crippen LogP contribution < -0.4 is 4.90 Å². The molecule has 18 heavy (non-hydrogen) atoms. The van der Waals surface area contributed by atoms with Crippen LogP contribution in [-0.2, 0) is 9.53 Å². The average Bonchev–Trinajstić information content (AvgIpc) is 2.68. The molecule has 0 radical (unpaired) electrons. The Morgan fingerprint density at radius 1 is 1.56 bits per heavy atom. The van der Waals surface area contributed by atoms with Crippen LogP contribution in [0.5, 0.6) is 5.75 Å². The average molecular weight is 267 g/mol. The van der Waals surface area contributed by atoms with Crippen molar-refractivity contribution in [1.29, 1.82) is 0 Å². The van der Waals surface area contributed by atoms with E-state index in [-0.39, 0.29) is 16.9 Å². The molecule has 1 amide bonds. The maximum Gasteiger partial charge on any atom is 0.337 e. The van der Waals surface area contributed by atoms with Gasteiger partial charge in [-0.15, -0.1) is 0 Å². The van der Waals surface area contributed by atoms with Gasteiger partial charge in [-0.3, -0.25) is 4.79 Å². The van der Waals surface area contributed by atoms with Crippen molar-refractivity contribution < 1.29 is 19.4 Å². The molecule has 1 aliphatic heterocycles. The molecular formula is C12H13NO4S. The third-order valence-corrected chi connectivity index (χ3v) is 3.14. The summed E-state index contributed by atoms with van der Waals surface area (Å²) < 4.78 is 4.60. The lowest BCUT2D eigenvalue weighted by Gasteiger charge is -2.18. The second-order valence-corrected chi connectivity index (χ2v) is 4.79. The number of nitrogens with zero attached hydrogens (tertiary/aromatic N) is 1. The van der Waals surface area contributed by atoms with E-state index < -0.39 is 5.97 Å². The Kier molecular flexibility index (Phi) is 3.47. The fraction of sp³-hybridized carbons (Fsp3) is 0.333. The van der Waals surface area contributed by atoms with Crippen molar-refractivity contribution in [2.45, 2.75) is 11.7 Å². The minimum atomic E-state index is -0.509. The quantitative estimate of drug-likeness (QED) is 0.624. The van der Waals surface area contributed by atoms with E-state index >= 15 is 0 Å². The van der Waals surface area contributed by atoms with E-state index in [4.69, 9.17) is 0 Å². The first kappa shape index (κ1) is 12.8. The monoisotopic (exact) mass is 267 g/mol. The standard InChI is InChI=1S/C12H13NO4S/c1-17-12(16)7-2-3-10(14)9(4-7)13-6-8(18)5-11(13)15/h2-4,8,14,18H,5-6H2,1H3. The SMILES string of the molecule is COC(=O)c1ccc(O)c(N2CC(S)CC2=O)c1. The molecule has 1 fully saturated rings. The number of aromatic hydroxyl groups is 1. The first-order valence-electron chi connectivity index (χ1n) is 5.42. The lowest BCUT2D eigenvalue weighted by Crippen LogP contribution is -2.25. The summed E-state index contributed by atoms with van der Waals surface area (Å²) >= 11 is 4.24. The van der Waals surface area contributed by atoms with Gasteiger partial charge in [-0.05, 0) is 18.2 Å². The predicted molar refractivity (Wildman–Crippen MR) is 69.2 cm³/mol. The number of methoxy groups -OCH3 is 1. The topological polar surface area (TPSA) is 66.8 Å². The number of benzene rings is 1. The third kappa shape index (κ3) is 2.28. The first-order valence-corrected chi connectivity index (χ1v) is 5.94. The molecule has 5 nitrogen and oxygen atoms in total. The van der Waals surface area contributed by atoms with Gasteiger partial charge in [0.25, 0.3) is 0 Å². The lowest BCUT2D eigenvalue weighted by molar-refractivity contribution is -0.117. The zero-order valence-electron chi connectivity index (χ0n) is 9.79. The summed E-state index contributed by atoms with van der Waals surface area (Å²) in [5, 5.41) is 9.73. The highest BCUT2D eigenvalue weighted by molar-refractivity contribution is 7.81. The summed E-state index contributed by atoms with van der Waals surface area (Å²) in [4.78, 5) is 24.6. The highest BCUT2D eigenvalue weighted by Crippen LogP contribution is 2.32. The summed E-state index contributed by atoms with van der Waals surface area (Å²) in [6.07, 6.45) is 0.324. The molecule has 0 aliphatic carbocycles. The van der Waals surface area contributed by atoms with E-state index in [0.29, 0.717) is 24.2 Å². The number of carbonyl (C=O) groups is 2. The fourth-order valence-electron chi connectivity index (χ4n) is 1.91. The number of ether oxygens (including phenoxy) is 1. The van der Waals surface area contributed by atoms with Gasteiger partial charge in [0.05, 0.1) is 18.4 Å². The Bertz CT molecular complexity index is 503. The van der Waals surface area contributed by atoms with Gasteiger partial charge >= 0.3 is 5.97 Å². The van der Waals surface area contributed by atoms with Crippen molar-refractivity contribution in [3.05, 3.63) is 23.8 Å². The summed E-state index contributed by atoms with van der Waals surface area (Å²) in [5.41, 5.74) is 0.611. The number of amides is 1. The molecule has 6 heteroatoms. The molecule has 1 saturated heterocycles. The highest BCUT2D eigenvalue weighted by Gasteiger charge is 2.30. The summed E-state index contributed by atoms with van der Waals surface area (Å²) in [6.45, 7) is 0.417. The Morgan fingerprint density at radius 3 is 2.83 bits per heavy atom. The number of hydrogen-bond acceptors (Lipinski definition) is 5. The van der Waals surface area contributed by atoms with Crippen molar-refractivity contribution in [2.24, 2.45) is 0 Å². The van der Waals surface area contributed by atoms with Crippen molar-refractivity contribution in [2.75, 3.05) is 18.6 Å². The summed E-state index contributed by atoms with van der Waals surface area (Å²) in [7, 11) is 1.28. The number of hydrogen-bond donors (Lipinski definition) is 2. The van der Waals surface area contributed by atoms with Crippen LogP contribution in [0.4, 0.5) is 5.69 Å². The van der Waals surface area contributed by atoms with E-state index in [1.165, 1.54) is 30.2 Å². The second kappa shape index (κ2) is 4.89. The van der Waals surface area contributed by atoms with Crippen molar-refractivity contribution in [1.82, 2.24) is 0 Å². The van der Waals surface area contributed by atoms with E-state index in [1.54, 1.807) is 0 Å². The first-order chi connectivity index (χ1) is 8.52. The molecule has 0 saturated carbocycles. The molecule has 96 valence electrons. The van der Waals surface area contributed by atoms with Crippen LogP contribution in [0.2, 0.25) is 0 Å². The van der Waals surface area contributed by atoms with Gasteiger partial charge < -0.3 is 14.7 Å². The van der Waals surface area contributed by atoms with E-state index in [0.717, 1.165) is 0 Å². The molecule has 0 spiro atoms. The molecule has 1 aromatic rings. The Hall–Kier alpha value is -1.69. The zero-order chi connectivity index (χ0) is 13.3. The highest BCUT2D eigenvalue weighted by atomic mass is 32.1. The normalized spacial score (nSPS) is 19.1. The number of carbonyl (C=O) groups excluding carboxylic acids is 2. The van der Waals surface area contributed by atoms with Crippen LogP contribution in [0.1, 0.15) is 16.8 Å². The number of phenolic OH excluding ortho intramolecular Hbond substituents is 1. The Morgan fingerprint density at radius 2 is 2.28 bits per heavy atom. The van der Waals surface area contributed by atoms with Crippen LogP contribution in [0.15, 0.2) is 18.2 Å². The molecule has 1 N–H and O–H groups in total. The molecular weight excluding hydrogens is 254 g/mol. The predicted octanol–water partition coefficient (Wildman–Crippen LogP) is 1.21. The van der Waals surface area contributed by atoms with Gasteiger partial charge in [0.15, 0.2) is 0 Å². The van der Waals surface area contributed by atoms with E-state index in [1.807, 2.05) is 0 Å². The van der Waals surface area contributed by atoms with Crippen LogP contribution >= 0.6 is 12.6 Å². The van der Waals surface area contributed by atoms with Gasteiger partial charge in [-0.1, -0.05) is 0 Å². The summed E-state index contributed by atoms with van der Waals surface area (Å²) in [5.74, 6) is -0.670. The van der Waals surface area contributed by atoms with Crippen molar-refractivity contribution >= 4 is 30.2 Å². The van der Waals surface area contributed by atoms with Crippen LogP contribution in [0, 0.1) is 0 Å². The van der Waals surface area contributed by atoms with E-state index in [2.05, 4.69) is 17.4 Å². The number of anilines is 1. The molecule has 0 bridgehead atoms. The number of thiol groups is 1. The molecule has 1 unspecified atom stereocenters. The Balaban J connectivity index is 2.38.